The molecule has 0 fully saturated rings. The maximum atomic E-state index is 13.6. The van der Waals surface area contributed by atoms with Gasteiger partial charge >= 0.3 is 0 Å². The lowest BCUT2D eigenvalue weighted by atomic mass is 10.1. The van der Waals surface area contributed by atoms with Gasteiger partial charge in [-0.3, -0.25) is 9.10 Å². The van der Waals surface area contributed by atoms with Gasteiger partial charge < -0.3 is 5.32 Å². The Kier molecular flexibility index (Phi) is 6.54. The van der Waals surface area contributed by atoms with E-state index in [1.807, 2.05) is 19.9 Å². The van der Waals surface area contributed by atoms with Crippen LogP contribution in [0.1, 0.15) is 24.0 Å². The smallest absolute Gasteiger partial charge is 0.232 e. The SMILES string of the molecule is Cc1ccc(N(CCCC(=O)Nc2c(F)cccc2F)S(C)(=O)=O)cc1C. The van der Waals surface area contributed by atoms with Crippen LogP contribution in [0.4, 0.5) is 20.2 Å². The van der Waals surface area contributed by atoms with Crippen molar-refractivity contribution in [2.75, 3.05) is 22.4 Å². The first-order chi connectivity index (χ1) is 12.6. The molecule has 1 N–H and O–H groups in total. The molecule has 146 valence electrons. The number of halogens is 2. The number of rotatable bonds is 7. The summed E-state index contributed by atoms with van der Waals surface area (Å²) in [4.78, 5) is 12.0. The van der Waals surface area contributed by atoms with Crippen molar-refractivity contribution >= 4 is 27.3 Å². The van der Waals surface area contributed by atoms with E-state index in [4.69, 9.17) is 0 Å². The van der Waals surface area contributed by atoms with E-state index in [2.05, 4.69) is 5.32 Å². The van der Waals surface area contributed by atoms with E-state index in [0.717, 1.165) is 29.5 Å². The minimum atomic E-state index is -3.54. The quantitative estimate of drug-likeness (QED) is 0.775. The van der Waals surface area contributed by atoms with Crippen molar-refractivity contribution in [2.24, 2.45) is 0 Å². The lowest BCUT2D eigenvalue weighted by Gasteiger charge is -2.23. The first-order valence-electron chi connectivity index (χ1n) is 8.38. The molecule has 8 heteroatoms. The molecular weight excluding hydrogens is 374 g/mol. The summed E-state index contributed by atoms with van der Waals surface area (Å²) in [7, 11) is -3.54. The van der Waals surface area contributed by atoms with Crippen LogP contribution >= 0.6 is 0 Å². The molecule has 5 nitrogen and oxygen atoms in total. The van der Waals surface area contributed by atoms with E-state index < -0.39 is 33.3 Å². The van der Waals surface area contributed by atoms with E-state index in [1.54, 1.807) is 12.1 Å². The Morgan fingerprint density at radius 3 is 2.26 bits per heavy atom. The molecule has 2 rings (SSSR count). The van der Waals surface area contributed by atoms with Gasteiger partial charge in [-0.25, -0.2) is 17.2 Å². The molecule has 0 saturated carbocycles. The summed E-state index contributed by atoms with van der Waals surface area (Å²) in [5.74, 6) is -2.32. The van der Waals surface area contributed by atoms with E-state index in [9.17, 15) is 22.0 Å². The summed E-state index contributed by atoms with van der Waals surface area (Å²) < 4.78 is 52.6. The second-order valence-corrected chi connectivity index (χ2v) is 8.26. The van der Waals surface area contributed by atoms with Crippen molar-refractivity contribution < 1.29 is 22.0 Å². The minimum absolute atomic E-state index is 0.0779. The van der Waals surface area contributed by atoms with Gasteiger partial charge in [0.05, 0.1) is 11.9 Å². The number of sulfonamides is 1. The summed E-state index contributed by atoms with van der Waals surface area (Å²) in [6.45, 7) is 3.89. The number of hydrogen-bond donors (Lipinski definition) is 1. The minimum Gasteiger partial charge on any atom is -0.321 e. The van der Waals surface area contributed by atoms with Gasteiger partial charge in [0.15, 0.2) is 0 Å². The summed E-state index contributed by atoms with van der Waals surface area (Å²) in [5.41, 5.74) is 2.00. The first-order valence-corrected chi connectivity index (χ1v) is 10.2. The normalized spacial score (nSPS) is 11.3. The monoisotopic (exact) mass is 396 g/mol. The predicted molar refractivity (Wildman–Crippen MR) is 102 cm³/mol. The van der Waals surface area contributed by atoms with Crippen LogP contribution in [-0.2, 0) is 14.8 Å². The van der Waals surface area contributed by atoms with E-state index in [0.29, 0.717) is 5.69 Å². The van der Waals surface area contributed by atoms with Crippen molar-refractivity contribution in [2.45, 2.75) is 26.7 Å². The number of para-hydroxylation sites is 1. The third-order valence-corrected chi connectivity index (χ3v) is 5.37. The van der Waals surface area contributed by atoms with Crippen LogP contribution in [-0.4, -0.2) is 27.1 Å². The third-order valence-electron chi connectivity index (χ3n) is 4.17. The first kappa shape index (κ1) is 20.8. The van der Waals surface area contributed by atoms with Crippen molar-refractivity contribution in [1.29, 1.82) is 0 Å². The van der Waals surface area contributed by atoms with Gasteiger partial charge in [0.25, 0.3) is 0 Å². The zero-order chi connectivity index (χ0) is 20.2. The molecule has 0 aliphatic heterocycles. The van der Waals surface area contributed by atoms with Crippen LogP contribution in [0.15, 0.2) is 36.4 Å². The number of aryl methyl sites for hydroxylation is 2. The Hall–Kier alpha value is -2.48. The van der Waals surface area contributed by atoms with Crippen molar-refractivity contribution in [1.82, 2.24) is 0 Å². The molecule has 27 heavy (non-hydrogen) atoms. The second kappa shape index (κ2) is 8.47. The lowest BCUT2D eigenvalue weighted by molar-refractivity contribution is -0.116. The molecule has 2 aromatic carbocycles. The van der Waals surface area contributed by atoms with Gasteiger partial charge in [-0.15, -0.1) is 0 Å². The van der Waals surface area contributed by atoms with Gasteiger partial charge in [0, 0.05) is 13.0 Å². The topological polar surface area (TPSA) is 66.5 Å². The highest BCUT2D eigenvalue weighted by atomic mass is 32.2. The Labute approximate surface area is 158 Å². The molecule has 0 bridgehead atoms. The lowest BCUT2D eigenvalue weighted by Crippen LogP contribution is -2.31. The van der Waals surface area contributed by atoms with E-state index >= 15 is 0 Å². The Bertz CT molecular complexity index is 926. The second-order valence-electron chi connectivity index (χ2n) is 6.35. The molecule has 0 atom stereocenters. The van der Waals surface area contributed by atoms with Crippen molar-refractivity contribution in [3.63, 3.8) is 0 Å². The van der Waals surface area contributed by atoms with Crippen molar-refractivity contribution in [3.8, 4) is 0 Å². The fourth-order valence-electron chi connectivity index (χ4n) is 2.57. The average molecular weight is 396 g/mol. The molecule has 0 aliphatic carbocycles. The van der Waals surface area contributed by atoms with Gasteiger partial charge in [0.2, 0.25) is 15.9 Å². The zero-order valence-corrected chi connectivity index (χ0v) is 16.2. The highest BCUT2D eigenvalue weighted by molar-refractivity contribution is 7.92. The van der Waals surface area contributed by atoms with Gasteiger partial charge in [-0.1, -0.05) is 12.1 Å². The molecule has 1 amide bonds. The highest BCUT2D eigenvalue weighted by Crippen LogP contribution is 2.22. The molecule has 0 unspecified atom stereocenters. The standard InChI is InChI=1S/C19H22F2N2O3S/c1-13-9-10-15(12-14(13)2)23(27(3,25)26)11-5-8-18(24)22-19-16(20)6-4-7-17(19)21/h4,6-7,9-10,12H,5,8,11H2,1-3H3,(H,22,24). The van der Waals surface area contributed by atoms with Gasteiger partial charge in [-0.05, 0) is 55.7 Å². The number of nitrogens with one attached hydrogen (secondary N) is 1. The Morgan fingerprint density at radius 2 is 1.70 bits per heavy atom. The molecule has 0 saturated heterocycles. The van der Waals surface area contributed by atoms with E-state index in [-0.39, 0.29) is 19.4 Å². The Balaban J connectivity index is 2.03. The molecular formula is C19H22F2N2O3S. The molecule has 0 spiro atoms. The number of benzene rings is 2. The number of carbonyl (C=O) groups is 1. The number of nitrogens with zero attached hydrogens (tertiary/aromatic N) is 1. The largest absolute Gasteiger partial charge is 0.321 e. The fourth-order valence-corrected chi connectivity index (χ4v) is 3.53. The van der Waals surface area contributed by atoms with Crippen molar-refractivity contribution in [3.05, 3.63) is 59.2 Å². The van der Waals surface area contributed by atoms with Crippen LogP contribution < -0.4 is 9.62 Å². The number of carbonyl (C=O) groups excluding carboxylic acids is 1. The maximum Gasteiger partial charge on any atom is 0.232 e. The molecule has 0 radical (unpaired) electrons. The number of amides is 1. The summed E-state index contributed by atoms with van der Waals surface area (Å²) in [6, 6.07) is 8.60. The van der Waals surface area contributed by atoms with Crippen LogP contribution in [0.25, 0.3) is 0 Å². The van der Waals surface area contributed by atoms with Gasteiger partial charge in [0.1, 0.15) is 17.3 Å². The van der Waals surface area contributed by atoms with Crippen LogP contribution in [0.2, 0.25) is 0 Å². The van der Waals surface area contributed by atoms with Crippen LogP contribution in [0, 0.1) is 25.5 Å². The molecule has 0 heterocycles. The Morgan fingerprint density at radius 1 is 1.07 bits per heavy atom. The predicted octanol–water partition coefficient (Wildman–Crippen LogP) is 3.77. The summed E-state index contributed by atoms with van der Waals surface area (Å²) >= 11 is 0. The fraction of sp³-hybridized carbons (Fsp3) is 0.316. The maximum absolute atomic E-state index is 13.6. The van der Waals surface area contributed by atoms with Crippen LogP contribution in [0.3, 0.4) is 0 Å². The number of hydrogen-bond acceptors (Lipinski definition) is 3. The highest BCUT2D eigenvalue weighted by Gasteiger charge is 2.18. The van der Waals surface area contributed by atoms with Gasteiger partial charge in [-0.2, -0.15) is 0 Å². The zero-order valence-electron chi connectivity index (χ0n) is 15.4. The third kappa shape index (κ3) is 5.50. The molecule has 2 aromatic rings. The molecule has 0 aliphatic rings. The van der Waals surface area contributed by atoms with E-state index in [1.165, 1.54) is 10.4 Å². The summed E-state index contributed by atoms with van der Waals surface area (Å²) in [6.07, 6.45) is 1.21. The average Bonchev–Trinajstić information content (AvgIpc) is 2.57. The van der Waals surface area contributed by atoms with Crippen LogP contribution in [0.5, 0.6) is 0 Å². The summed E-state index contributed by atoms with van der Waals surface area (Å²) in [5, 5.41) is 2.19. The molecule has 0 aromatic heterocycles. The number of anilines is 2.